The summed E-state index contributed by atoms with van der Waals surface area (Å²) in [6, 6.07) is 10.7. The minimum atomic E-state index is -0.659. The molecule has 0 saturated carbocycles. The van der Waals surface area contributed by atoms with Gasteiger partial charge in [0.1, 0.15) is 11.3 Å². The predicted octanol–water partition coefficient (Wildman–Crippen LogP) is 4.11. The number of hydrogen-bond donors (Lipinski definition) is 0. The third-order valence-electron chi connectivity index (χ3n) is 3.21. The zero-order chi connectivity index (χ0) is 16.9. The largest absolute Gasteiger partial charge is 0.493 e. The van der Waals surface area contributed by atoms with Crippen molar-refractivity contribution < 1.29 is 18.7 Å². The number of aromatic nitrogens is 2. The number of para-hydroxylation sites is 1. The fourth-order valence-electron chi connectivity index (χ4n) is 2.09. The Labute approximate surface area is 143 Å². The Morgan fingerprint density at radius 3 is 2.83 bits per heavy atom. The van der Waals surface area contributed by atoms with Gasteiger partial charge in [-0.15, -0.1) is 21.5 Å². The van der Waals surface area contributed by atoms with Crippen molar-refractivity contribution >= 4 is 17.3 Å². The van der Waals surface area contributed by atoms with E-state index in [1.807, 2.05) is 24.4 Å². The lowest BCUT2D eigenvalue weighted by molar-refractivity contribution is 0.0276. The average Bonchev–Trinajstić information content (AvgIpc) is 3.27. The summed E-state index contributed by atoms with van der Waals surface area (Å²) in [5, 5.41) is 9.87. The van der Waals surface area contributed by atoms with Crippen molar-refractivity contribution in [3.05, 3.63) is 53.2 Å². The Kier molecular flexibility index (Phi) is 4.90. The highest BCUT2D eigenvalue weighted by molar-refractivity contribution is 7.13. The van der Waals surface area contributed by atoms with E-state index < -0.39 is 12.1 Å². The molecule has 0 saturated heterocycles. The van der Waals surface area contributed by atoms with Gasteiger partial charge in [-0.1, -0.05) is 18.2 Å². The first-order valence-corrected chi connectivity index (χ1v) is 8.37. The molecule has 0 fully saturated rings. The molecule has 0 spiro atoms. The van der Waals surface area contributed by atoms with Crippen molar-refractivity contribution in [3.8, 4) is 16.5 Å². The van der Waals surface area contributed by atoms with Crippen molar-refractivity contribution in [1.29, 1.82) is 0 Å². The summed E-state index contributed by atoms with van der Waals surface area (Å²) in [5.41, 5.74) is 0.365. The zero-order valence-electron chi connectivity index (χ0n) is 13.3. The smallest absolute Gasteiger partial charge is 0.342 e. The second-order valence-electron chi connectivity index (χ2n) is 4.90. The molecule has 0 unspecified atom stereocenters. The highest BCUT2D eigenvalue weighted by Gasteiger charge is 2.22. The molecule has 0 N–H and O–H groups in total. The van der Waals surface area contributed by atoms with Crippen LogP contribution in [0.25, 0.3) is 10.8 Å². The van der Waals surface area contributed by atoms with Gasteiger partial charge >= 0.3 is 5.97 Å². The van der Waals surface area contributed by atoms with E-state index in [2.05, 4.69) is 10.2 Å². The molecule has 2 aromatic heterocycles. The van der Waals surface area contributed by atoms with Crippen molar-refractivity contribution in [2.24, 2.45) is 0 Å². The summed E-state index contributed by atoms with van der Waals surface area (Å²) in [7, 11) is 0. The van der Waals surface area contributed by atoms with Gasteiger partial charge in [-0.2, -0.15) is 0 Å². The van der Waals surface area contributed by atoms with Gasteiger partial charge in [0, 0.05) is 0 Å². The van der Waals surface area contributed by atoms with Crippen LogP contribution < -0.4 is 4.74 Å². The molecule has 1 aromatic carbocycles. The lowest BCUT2D eigenvalue weighted by atomic mass is 10.2. The number of thiophene rings is 1. The third kappa shape index (κ3) is 3.46. The molecular weight excluding hydrogens is 328 g/mol. The molecule has 3 rings (SSSR count). The van der Waals surface area contributed by atoms with E-state index in [9.17, 15) is 4.79 Å². The van der Waals surface area contributed by atoms with Crippen LogP contribution in [0.3, 0.4) is 0 Å². The van der Waals surface area contributed by atoms with Gasteiger partial charge in [-0.3, -0.25) is 0 Å². The maximum atomic E-state index is 12.4. The van der Waals surface area contributed by atoms with Crippen LogP contribution in [0, 0.1) is 0 Å². The average molecular weight is 344 g/mol. The molecule has 0 bridgehead atoms. The van der Waals surface area contributed by atoms with Crippen molar-refractivity contribution in [2.45, 2.75) is 20.0 Å². The highest BCUT2D eigenvalue weighted by Crippen LogP contribution is 2.27. The fourth-order valence-corrected chi connectivity index (χ4v) is 2.73. The van der Waals surface area contributed by atoms with E-state index >= 15 is 0 Å². The Hall–Kier alpha value is -2.67. The van der Waals surface area contributed by atoms with Crippen molar-refractivity contribution in [1.82, 2.24) is 10.2 Å². The zero-order valence-corrected chi connectivity index (χ0v) is 14.1. The first-order valence-electron chi connectivity index (χ1n) is 7.49. The SMILES string of the molecule is CCOc1ccccc1C(=O)O[C@H](C)c1nnc(-c2cccs2)o1. The molecule has 6 nitrogen and oxygen atoms in total. The Morgan fingerprint density at radius 1 is 1.25 bits per heavy atom. The molecular formula is C17H16N2O4S. The summed E-state index contributed by atoms with van der Waals surface area (Å²) in [6.07, 6.45) is -0.659. The fraction of sp³-hybridized carbons (Fsp3) is 0.235. The van der Waals surface area contributed by atoms with Crippen LogP contribution in [0.1, 0.15) is 36.2 Å². The molecule has 7 heteroatoms. The molecule has 0 amide bonds. The number of hydrogen-bond acceptors (Lipinski definition) is 7. The van der Waals surface area contributed by atoms with E-state index in [1.165, 1.54) is 11.3 Å². The Morgan fingerprint density at radius 2 is 2.08 bits per heavy atom. The van der Waals surface area contributed by atoms with Crippen LogP contribution in [0.2, 0.25) is 0 Å². The van der Waals surface area contributed by atoms with E-state index in [1.54, 1.807) is 31.2 Å². The van der Waals surface area contributed by atoms with Crippen LogP contribution >= 0.6 is 11.3 Å². The van der Waals surface area contributed by atoms with Gasteiger partial charge in [0.15, 0.2) is 6.10 Å². The van der Waals surface area contributed by atoms with Gasteiger partial charge in [-0.05, 0) is 37.4 Å². The van der Waals surface area contributed by atoms with E-state index in [-0.39, 0.29) is 5.89 Å². The second kappa shape index (κ2) is 7.27. The number of nitrogens with zero attached hydrogens (tertiary/aromatic N) is 2. The number of esters is 1. The summed E-state index contributed by atoms with van der Waals surface area (Å²) in [5.74, 6) is 0.655. The van der Waals surface area contributed by atoms with E-state index in [4.69, 9.17) is 13.9 Å². The van der Waals surface area contributed by atoms with Crippen LogP contribution in [-0.4, -0.2) is 22.8 Å². The van der Waals surface area contributed by atoms with Crippen LogP contribution in [-0.2, 0) is 4.74 Å². The molecule has 1 atom stereocenters. The molecule has 0 radical (unpaired) electrons. The van der Waals surface area contributed by atoms with Gasteiger partial charge in [0.25, 0.3) is 11.8 Å². The molecule has 3 aromatic rings. The number of rotatable bonds is 6. The first-order chi connectivity index (χ1) is 11.7. The molecule has 0 aliphatic carbocycles. The number of ether oxygens (including phenoxy) is 2. The molecule has 124 valence electrons. The van der Waals surface area contributed by atoms with Gasteiger partial charge in [0.05, 0.1) is 11.5 Å². The molecule has 0 aliphatic rings. The van der Waals surface area contributed by atoms with Crippen LogP contribution in [0.15, 0.2) is 46.2 Å². The lowest BCUT2D eigenvalue weighted by Gasteiger charge is -2.12. The van der Waals surface area contributed by atoms with Crippen LogP contribution in [0.4, 0.5) is 0 Å². The van der Waals surface area contributed by atoms with Gasteiger partial charge in [0.2, 0.25) is 0 Å². The monoisotopic (exact) mass is 344 g/mol. The highest BCUT2D eigenvalue weighted by atomic mass is 32.1. The molecule has 24 heavy (non-hydrogen) atoms. The summed E-state index contributed by atoms with van der Waals surface area (Å²) in [6.45, 7) is 4.01. The molecule has 2 heterocycles. The van der Waals surface area contributed by atoms with Gasteiger partial charge in [-0.25, -0.2) is 4.79 Å². The van der Waals surface area contributed by atoms with E-state index in [0.717, 1.165) is 4.88 Å². The minimum Gasteiger partial charge on any atom is -0.493 e. The summed E-state index contributed by atoms with van der Waals surface area (Å²) in [4.78, 5) is 13.2. The minimum absolute atomic E-state index is 0.251. The lowest BCUT2D eigenvalue weighted by Crippen LogP contribution is -2.11. The quantitative estimate of drug-likeness (QED) is 0.626. The van der Waals surface area contributed by atoms with Crippen LogP contribution in [0.5, 0.6) is 5.75 Å². The second-order valence-corrected chi connectivity index (χ2v) is 5.85. The Balaban J connectivity index is 1.73. The standard InChI is InChI=1S/C17H16N2O4S/c1-3-21-13-8-5-4-7-12(13)17(20)22-11(2)15-18-19-16(23-15)14-9-6-10-24-14/h4-11H,3H2,1-2H3/t11-/m1/s1. The number of benzene rings is 1. The Bertz CT molecular complexity index is 814. The third-order valence-corrected chi connectivity index (χ3v) is 4.07. The van der Waals surface area contributed by atoms with Crippen molar-refractivity contribution in [3.63, 3.8) is 0 Å². The topological polar surface area (TPSA) is 74.5 Å². The first kappa shape index (κ1) is 16.2. The van der Waals surface area contributed by atoms with Crippen molar-refractivity contribution in [2.75, 3.05) is 6.61 Å². The normalized spacial score (nSPS) is 11.9. The number of carbonyl (C=O) groups is 1. The van der Waals surface area contributed by atoms with Gasteiger partial charge < -0.3 is 13.9 Å². The predicted molar refractivity (Wildman–Crippen MR) is 89.1 cm³/mol. The summed E-state index contributed by atoms with van der Waals surface area (Å²) >= 11 is 1.50. The maximum Gasteiger partial charge on any atom is 0.342 e. The maximum absolute atomic E-state index is 12.4. The van der Waals surface area contributed by atoms with E-state index in [0.29, 0.717) is 23.8 Å². The summed E-state index contributed by atoms with van der Waals surface area (Å²) < 4.78 is 16.5. The number of carbonyl (C=O) groups excluding carboxylic acids is 1. The molecule has 0 aliphatic heterocycles.